The molecule has 3 atom stereocenters. The Morgan fingerprint density at radius 3 is 2.50 bits per heavy atom. The van der Waals surface area contributed by atoms with Gasteiger partial charge in [0, 0.05) is 12.3 Å². The van der Waals surface area contributed by atoms with Gasteiger partial charge in [-0.05, 0) is 25.2 Å². The van der Waals surface area contributed by atoms with Crippen LogP contribution in [0.1, 0.15) is 25.7 Å². The molecule has 2 saturated carbocycles. The fraction of sp³-hybridized carbons (Fsp3) is 1.00. The van der Waals surface area contributed by atoms with Gasteiger partial charge in [0.15, 0.2) is 0 Å². The molecule has 0 radical (unpaired) electrons. The molecule has 2 fully saturated rings. The van der Waals surface area contributed by atoms with Gasteiger partial charge in [0.2, 0.25) is 5.79 Å². The molecule has 2 N–H and O–H groups in total. The van der Waals surface area contributed by atoms with E-state index in [4.69, 9.17) is 5.26 Å². The lowest BCUT2D eigenvalue weighted by molar-refractivity contribution is -0.406. The Kier molecular flexibility index (Phi) is 1.27. The summed E-state index contributed by atoms with van der Waals surface area (Å²) >= 11 is 0. The molecule has 0 saturated heterocycles. The van der Waals surface area contributed by atoms with Crippen molar-refractivity contribution in [2.45, 2.75) is 31.5 Å². The minimum absolute atomic E-state index is 0.183. The smallest absolute Gasteiger partial charge is 0.201 e. The second-order valence-electron chi connectivity index (χ2n) is 3.52. The number of fused-ring (bicyclic) bond motifs is 2. The zero-order valence-electron chi connectivity index (χ0n) is 5.79. The number of hydrogen-bond donors (Lipinski definition) is 2. The maximum absolute atomic E-state index is 9.52. The van der Waals surface area contributed by atoms with E-state index in [0.717, 1.165) is 12.8 Å². The van der Waals surface area contributed by atoms with Gasteiger partial charge in [-0.25, -0.2) is 10.1 Å². The Balaban J connectivity index is 2.14. The Labute approximate surface area is 59.5 Å². The molecular weight excluding hydrogens is 132 g/mol. The van der Waals surface area contributed by atoms with Crippen molar-refractivity contribution in [2.24, 2.45) is 11.8 Å². The molecule has 0 aromatic carbocycles. The average Bonchev–Trinajstić information content (AvgIpc) is 2.46. The molecule has 0 aliphatic heterocycles. The molecule has 0 heterocycles. The molecule has 3 unspecified atom stereocenters. The molecule has 58 valence electrons. The summed E-state index contributed by atoms with van der Waals surface area (Å²) in [5, 5.41) is 17.9. The van der Waals surface area contributed by atoms with Gasteiger partial charge in [-0.3, -0.25) is 0 Å². The van der Waals surface area contributed by atoms with Crippen LogP contribution in [0.2, 0.25) is 0 Å². The van der Waals surface area contributed by atoms with Crippen LogP contribution in [-0.4, -0.2) is 16.2 Å². The van der Waals surface area contributed by atoms with Crippen LogP contribution in [0.5, 0.6) is 0 Å². The number of aliphatic hydroxyl groups is 1. The predicted molar refractivity (Wildman–Crippen MR) is 34.1 cm³/mol. The first kappa shape index (κ1) is 6.58. The molecule has 2 aliphatic rings. The van der Waals surface area contributed by atoms with E-state index in [1.807, 2.05) is 0 Å². The van der Waals surface area contributed by atoms with Crippen molar-refractivity contribution in [3.05, 3.63) is 0 Å². The van der Waals surface area contributed by atoms with Crippen molar-refractivity contribution >= 4 is 0 Å². The van der Waals surface area contributed by atoms with E-state index in [9.17, 15) is 5.11 Å². The summed E-state index contributed by atoms with van der Waals surface area (Å²) in [6, 6.07) is 0. The zero-order valence-corrected chi connectivity index (χ0v) is 5.79. The molecule has 2 aliphatic carbocycles. The normalized spacial score (nSPS) is 52.2. The molecule has 10 heavy (non-hydrogen) atoms. The maximum Gasteiger partial charge on any atom is 0.201 e. The molecular formula is C7H12O3. The highest BCUT2D eigenvalue weighted by molar-refractivity contribution is 4.94. The van der Waals surface area contributed by atoms with E-state index >= 15 is 0 Å². The van der Waals surface area contributed by atoms with Crippen molar-refractivity contribution < 1.29 is 15.3 Å². The van der Waals surface area contributed by atoms with E-state index in [2.05, 4.69) is 4.89 Å². The summed E-state index contributed by atoms with van der Waals surface area (Å²) in [5.74, 6) is -0.423. The summed E-state index contributed by atoms with van der Waals surface area (Å²) in [4.78, 5) is 4.09. The fourth-order valence-electron chi connectivity index (χ4n) is 2.36. The second kappa shape index (κ2) is 1.94. The Bertz CT molecular complexity index is 148. The molecule has 0 aromatic heterocycles. The third kappa shape index (κ3) is 0.713. The van der Waals surface area contributed by atoms with Gasteiger partial charge < -0.3 is 5.11 Å². The van der Waals surface area contributed by atoms with E-state index in [0.29, 0.717) is 12.3 Å². The number of rotatable bonds is 1. The van der Waals surface area contributed by atoms with E-state index in [1.54, 1.807) is 0 Å². The van der Waals surface area contributed by atoms with Crippen molar-refractivity contribution in [1.29, 1.82) is 0 Å². The minimum Gasteiger partial charge on any atom is -0.363 e. The monoisotopic (exact) mass is 144 g/mol. The van der Waals surface area contributed by atoms with Crippen molar-refractivity contribution in [2.75, 3.05) is 0 Å². The summed E-state index contributed by atoms with van der Waals surface area (Å²) in [6.07, 6.45) is 3.84. The predicted octanol–water partition coefficient (Wildman–Crippen LogP) is 0.985. The standard InChI is InChI=1S/C7H12O3/c8-7(10-9)4-5-1-2-6(7)3-5/h5-6,8-9H,1-4H2. The molecule has 3 nitrogen and oxygen atoms in total. The van der Waals surface area contributed by atoms with Crippen molar-refractivity contribution in [1.82, 2.24) is 0 Å². The second-order valence-corrected chi connectivity index (χ2v) is 3.52. The minimum atomic E-state index is -1.19. The van der Waals surface area contributed by atoms with Crippen LogP contribution in [0.15, 0.2) is 0 Å². The van der Waals surface area contributed by atoms with Gasteiger partial charge in [0.05, 0.1) is 0 Å². The van der Waals surface area contributed by atoms with Gasteiger partial charge in [-0.2, -0.15) is 0 Å². The third-order valence-electron chi connectivity index (χ3n) is 2.92. The van der Waals surface area contributed by atoms with Gasteiger partial charge in [0.1, 0.15) is 0 Å². The van der Waals surface area contributed by atoms with Crippen LogP contribution in [-0.2, 0) is 4.89 Å². The van der Waals surface area contributed by atoms with E-state index < -0.39 is 5.79 Å². The Hall–Kier alpha value is -0.120. The van der Waals surface area contributed by atoms with Crippen LogP contribution in [0.25, 0.3) is 0 Å². The Morgan fingerprint density at radius 1 is 1.40 bits per heavy atom. The van der Waals surface area contributed by atoms with Crippen LogP contribution < -0.4 is 0 Å². The quantitative estimate of drug-likeness (QED) is 0.327. The SMILES string of the molecule is OOC1(O)CC2CCC1C2. The lowest BCUT2D eigenvalue weighted by atomic mass is 9.94. The van der Waals surface area contributed by atoms with Gasteiger partial charge >= 0.3 is 0 Å². The van der Waals surface area contributed by atoms with E-state index in [-0.39, 0.29) is 5.92 Å². The molecule has 3 heteroatoms. The van der Waals surface area contributed by atoms with Crippen LogP contribution in [0, 0.1) is 11.8 Å². The maximum atomic E-state index is 9.52. The summed E-state index contributed by atoms with van der Waals surface area (Å²) in [5.41, 5.74) is 0. The summed E-state index contributed by atoms with van der Waals surface area (Å²) < 4.78 is 0. The largest absolute Gasteiger partial charge is 0.363 e. The van der Waals surface area contributed by atoms with Crippen LogP contribution >= 0.6 is 0 Å². The highest BCUT2D eigenvalue weighted by Gasteiger charge is 2.51. The molecule has 2 bridgehead atoms. The Morgan fingerprint density at radius 2 is 2.20 bits per heavy atom. The van der Waals surface area contributed by atoms with Gasteiger partial charge in [0.25, 0.3) is 0 Å². The number of hydrogen-bond acceptors (Lipinski definition) is 3. The summed E-state index contributed by atoms with van der Waals surface area (Å²) in [6.45, 7) is 0. The van der Waals surface area contributed by atoms with Crippen molar-refractivity contribution in [3.63, 3.8) is 0 Å². The lowest BCUT2D eigenvalue weighted by Crippen LogP contribution is -2.37. The fourth-order valence-corrected chi connectivity index (χ4v) is 2.36. The topological polar surface area (TPSA) is 49.7 Å². The summed E-state index contributed by atoms with van der Waals surface area (Å²) in [7, 11) is 0. The average molecular weight is 144 g/mol. The molecule has 0 spiro atoms. The zero-order chi connectivity index (χ0) is 7.19. The first-order chi connectivity index (χ1) is 4.74. The highest BCUT2D eigenvalue weighted by atomic mass is 17.1. The first-order valence-electron chi connectivity index (χ1n) is 3.79. The lowest BCUT2D eigenvalue weighted by Gasteiger charge is -2.28. The van der Waals surface area contributed by atoms with Crippen LogP contribution in [0.4, 0.5) is 0 Å². The van der Waals surface area contributed by atoms with Gasteiger partial charge in [-0.1, -0.05) is 0 Å². The molecule has 0 amide bonds. The molecule has 2 rings (SSSR count). The van der Waals surface area contributed by atoms with Gasteiger partial charge in [-0.15, -0.1) is 0 Å². The highest BCUT2D eigenvalue weighted by Crippen LogP contribution is 2.50. The first-order valence-corrected chi connectivity index (χ1v) is 3.79. The van der Waals surface area contributed by atoms with Crippen LogP contribution in [0.3, 0.4) is 0 Å². The van der Waals surface area contributed by atoms with E-state index in [1.165, 1.54) is 6.42 Å². The third-order valence-corrected chi connectivity index (χ3v) is 2.92. The molecule has 0 aromatic rings. The van der Waals surface area contributed by atoms with Crippen molar-refractivity contribution in [3.8, 4) is 0 Å².